The molecule has 8 heteroatoms. The molecule has 1 aromatic carbocycles. The van der Waals surface area contributed by atoms with Gasteiger partial charge in [-0.2, -0.15) is 0 Å². The van der Waals surface area contributed by atoms with Crippen LogP contribution in [-0.4, -0.2) is 16.1 Å². The number of carbonyl (C=O) groups excluding carboxylic acids is 1. The number of anilines is 1. The average molecular weight is 368 g/mol. The number of amides is 1. The van der Waals surface area contributed by atoms with Crippen LogP contribution in [0.2, 0.25) is 4.34 Å². The molecule has 0 fully saturated rings. The van der Waals surface area contributed by atoms with E-state index >= 15 is 0 Å². The van der Waals surface area contributed by atoms with Crippen LogP contribution >= 0.6 is 46.0 Å². The van der Waals surface area contributed by atoms with Gasteiger partial charge in [-0.15, -0.1) is 21.5 Å². The van der Waals surface area contributed by atoms with Gasteiger partial charge in [0.2, 0.25) is 5.13 Å². The molecule has 1 N–H and O–H groups in total. The molecule has 0 bridgehead atoms. The zero-order chi connectivity index (χ0) is 15.4. The highest BCUT2D eigenvalue weighted by Crippen LogP contribution is 2.29. The molecule has 0 radical (unpaired) electrons. The molecule has 0 saturated carbocycles. The molecule has 1 amide bonds. The Morgan fingerprint density at radius 3 is 2.68 bits per heavy atom. The van der Waals surface area contributed by atoms with Gasteiger partial charge < -0.3 is 0 Å². The van der Waals surface area contributed by atoms with E-state index in [1.54, 1.807) is 23.9 Å². The summed E-state index contributed by atoms with van der Waals surface area (Å²) in [6, 6.07) is 13.5. The van der Waals surface area contributed by atoms with Crippen LogP contribution in [0.15, 0.2) is 46.8 Å². The zero-order valence-corrected chi connectivity index (χ0v) is 14.4. The molecule has 4 nitrogen and oxygen atoms in total. The van der Waals surface area contributed by atoms with E-state index in [2.05, 4.69) is 27.6 Å². The Hall–Kier alpha value is -1.41. The van der Waals surface area contributed by atoms with Crippen molar-refractivity contribution in [3.63, 3.8) is 0 Å². The predicted molar refractivity (Wildman–Crippen MR) is 93.2 cm³/mol. The van der Waals surface area contributed by atoms with Crippen LogP contribution in [0.5, 0.6) is 0 Å². The van der Waals surface area contributed by atoms with Crippen LogP contribution < -0.4 is 5.32 Å². The first-order chi connectivity index (χ1) is 10.7. The van der Waals surface area contributed by atoms with Crippen molar-refractivity contribution in [2.24, 2.45) is 0 Å². The van der Waals surface area contributed by atoms with Crippen molar-refractivity contribution in [3.05, 3.63) is 57.2 Å². The van der Waals surface area contributed by atoms with Crippen LogP contribution in [0.3, 0.4) is 0 Å². The monoisotopic (exact) mass is 367 g/mol. The normalized spacial score (nSPS) is 10.6. The Morgan fingerprint density at radius 1 is 1.14 bits per heavy atom. The summed E-state index contributed by atoms with van der Waals surface area (Å²) in [6.45, 7) is 0. The molecule has 22 heavy (non-hydrogen) atoms. The maximum absolute atomic E-state index is 12.0. The molecule has 0 spiro atoms. The molecule has 2 heterocycles. The molecule has 2 aromatic heterocycles. The highest BCUT2D eigenvalue weighted by atomic mass is 35.5. The summed E-state index contributed by atoms with van der Waals surface area (Å²) < 4.78 is 1.41. The lowest BCUT2D eigenvalue weighted by molar-refractivity contribution is 0.103. The number of rotatable bonds is 5. The second-order valence-corrected chi connectivity index (χ2v) is 8.12. The van der Waals surface area contributed by atoms with Gasteiger partial charge in [0.15, 0.2) is 4.34 Å². The molecular formula is C14H10ClN3OS3. The van der Waals surface area contributed by atoms with Crippen molar-refractivity contribution in [3.8, 4) is 0 Å². The van der Waals surface area contributed by atoms with E-state index < -0.39 is 0 Å². The number of thioether (sulfide) groups is 1. The number of nitrogens with one attached hydrogen (secondary N) is 1. The number of nitrogens with zero attached hydrogens (tertiary/aromatic N) is 2. The fourth-order valence-electron chi connectivity index (χ4n) is 1.63. The third-order valence-corrected chi connectivity index (χ3v) is 5.90. The topological polar surface area (TPSA) is 54.9 Å². The predicted octanol–water partition coefficient (Wildman–Crippen LogP) is 4.80. The van der Waals surface area contributed by atoms with E-state index in [1.165, 1.54) is 28.2 Å². The lowest BCUT2D eigenvalue weighted by Gasteiger charge is -1.97. The molecule has 0 unspecified atom stereocenters. The van der Waals surface area contributed by atoms with Gasteiger partial charge in [0.05, 0.1) is 9.21 Å². The third kappa shape index (κ3) is 4.07. The van der Waals surface area contributed by atoms with Crippen LogP contribution in [0, 0.1) is 0 Å². The van der Waals surface area contributed by atoms with Gasteiger partial charge in [0, 0.05) is 5.75 Å². The van der Waals surface area contributed by atoms with Crippen molar-refractivity contribution in [1.29, 1.82) is 0 Å². The molecule has 0 atom stereocenters. The quantitative estimate of drug-likeness (QED) is 0.520. The van der Waals surface area contributed by atoms with Gasteiger partial charge >= 0.3 is 0 Å². The van der Waals surface area contributed by atoms with Gasteiger partial charge in [-0.25, -0.2) is 0 Å². The van der Waals surface area contributed by atoms with Crippen molar-refractivity contribution in [2.45, 2.75) is 10.1 Å². The minimum Gasteiger partial charge on any atom is -0.296 e. The summed E-state index contributed by atoms with van der Waals surface area (Å²) in [4.78, 5) is 12.5. The summed E-state index contributed by atoms with van der Waals surface area (Å²) in [6.07, 6.45) is 0. The highest BCUT2D eigenvalue weighted by Gasteiger charge is 2.12. The van der Waals surface area contributed by atoms with Crippen LogP contribution in [0.1, 0.15) is 15.2 Å². The summed E-state index contributed by atoms with van der Waals surface area (Å²) in [5, 5.41) is 11.3. The van der Waals surface area contributed by atoms with Crippen molar-refractivity contribution < 1.29 is 4.79 Å². The number of benzene rings is 1. The maximum Gasteiger partial charge on any atom is 0.267 e. The number of carbonyl (C=O) groups is 1. The molecule has 3 aromatic rings. The van der Waals surface area contributed by atoms with Gasteiger partial charge in [-0.05, 0) is 17.7 Å². The Bertz CT molecular complexity index is 773. The molecule has 0 aliphatic carbocycles. The molecular weight excluding hydrogens is 358 g/mol. The SMILES string of the molecule is O=C(Nc1nnc(SCc2ccccc2)s1)c1ccc(Cl)s1. The molecule has 0 aliphatic heterocycles. The largest absolute Gasteiger partial charge is 0.296 e. The minimum absolute atomic E-state index is 0.215. The average Bonchev–Trinajstić information content (AvgIpc) is 3.15. The maximum atomic E-state index is 12.0. The number of halogens is 1. The zero-order valence-electron chi connectivity index (χ0n) is 11.2. The van der Waals surface area contributed by atoms with Crippen molar-refractivity contribution in [2.75, 3.05) is 5.32 Å². The van der Waals surface area contributed by atoms with E-state index in [4.69, 9.17) is 11.6 Å². The van der Waals surface area contributed by atoms with Crippen LogP contribution in [0.4, 0.5) is 5.13 Å². The van der Waals surface area contributed by atoms with Crippen molar-refractivity contribution in [1.82, 2.24) is 10.2 Å². The number of hydrogen-bond donors (Lipinski definition) is 1. The van der Waals surface area contributed by atoms with E-state index in [1.807, 2.05) is 18.2 Å². The fraction of sp³-hybridized carbons (Fsp3) is 0.0714. The van der Waals surface area contributed by atoms with E-state index in [0.717, 1.165) is 10.1 Å². The number of aromatic nitrogens is 2. The summed E-state index contributed by atoms with van der Waals surface area (Å²) in [5.74, 6) is 0.608. The van der Waals surface area contributed by atoms with Crippen LogP contribution in [-0.2, 0) is 5.75 Å². The number of hydrogen-bond acceptors (Lipinski definition) is 6. The summed E-state index contributed by atoms with van der Waals surface area (Å²) in [5.41, 5.74) is 1.22. The second kappa shape index (κ2) is 7.23. The van der Waals surface area contributed by atoms with Gasteiger partial charge in [0.25, 0.3) is 5.91 Å². The van der Waals surface area contributed by atoms with Gasteiger partial charge in [-0.1, -0.05) is 65.0 Å². The molecule has 112 valence electrons. The Kier molecular flexibility index (Phi) is 5.09. The van der Waals surface area contributed by atoms with E-state index in [0.29, 0.717) is 14.3 Å². The Morgan fingerprint density at radius 2 is 1.95 bits per heavy atom. The van der Waals surface area contributed by atoms with Crippen LogP contribution in [0.25, 0.3) is 0 Å². The first-order valence-electron chi connectivity index (χ1n) is 6.27. The van der Waals surface area contributed by atoms with E-state index in [9.17, 15) is 4.79 Å². The first kappa shape index (κ1) is 15.5. The third-order valence-electron chi connectivity index (χ3n) is 2.63. The number of thiophene rings is 1. The minimum atomic E-state index is -0.215. The van der Waals surface area contributed by atoms with Crippen molar-refractivity contribution >= 4 is 57.1 Å². The van der Waals surface area contributed by atoms with Gasteiger partial charge in [0.1, 0.15) is 0 Å². The summed E-state index contributed by atoms with van der Waals surface area (Å²) in [7, 11) is 0. The second-order valence-electron chi connectivity index (χ2n) is 4.21. The van der Waals surface area contributed by atoms with E-state index in [-0.39, 0.29) is 5.91 Å². The summed E-state index contributed by atoms with van der Waals surface area (Å²) >= 11 is 10.0. The lowest BCUT2D eigenvalue weighted by Crippen LogP contribution is -2.09. The smallest absolute Gasteiger partial charge is 0.267 e. The lowest BCUT2D eigenvalue weighted by atomic mass is 10.2. The highest BCUT2D eigenvalue weighted by molar-refractivity contribution is 8.00. The fourth-order valence-corrected chi connectivity index (χ4v) is 4.27. The molecule has 0 aliphatic rings. The Balaban J connectivity index is 1.58. The molecule has 3 rings (SSSR count). The molecule has 0 saturated heterocycles. The van der Waals surface area contributed by atoms with Gasteiger partial charge in [-0.3, -0.25) is 10.1 Å². The first-order valence-corrected chi connectivity index (χ1v) is 9.27. The Labute approximate surface area is 144 Å². The standard InChI is InChI=1S/C14H10ClN3OS3/c15-11-7-6-10(21-11)12(19)16-13-17-18-14(22-13)20-8-9-4-2-1-3-5-9/h1-7H,8H2,(H,16,17,19).